The topological polar surface area (TPSA) is 86.3 Å². The Balaban J connectivity index is 1.29. The Morgan fingerprint density at radius 3 is 2.53 bits per heavy atom. The highest BCUT2D eigenvalue weighted by Crippen LogP contribution is 2.52. The molecule has 1 saturated carbocycles. The number of hydrogen-bond donors (Lipinski definition) is 2. The average Bonchev–Trinajstić information content (AvgIpc) is 3.77. The van der Waals surface area contributed by atoms with Crippen molar-refractivity contribution in [2.45, 2.75) is 43.7 Å². The van der Waals surface area contributed by atoms with Crippen molar-refractivity contribution in [3.63, 3.8) is 0 Å². The third-order valence-electron chi connectivity index (χ3n) is 7.73. The number of aromatic nitrogens is 2. The molecule has 1 atom stereocenters. The van der Waals surface area contributed by atoms with Crippen LogP contribution in [0.4, 0.5) is 0 Å². The predicted octanol–water partition coefficient (Wildman–Crippen LogP) is 5.18. The third-order valence-corrected chi connectivity index (χ3v) is 7.96. The number of aliphatic hydroxyl groups excluding tert-OH is 1. The number of amides is 1. The first kappa shape index (κ1) is 24.6. The van der Waals surface area contributed by atoms with Crippen LogP contribution in [0.2, 0.25) is 5.02 Å². The number of aryl methyl sites for hydroxylation is 1. The normalized spacial score (nSPS) is 16.8. The van der Waals surface area contributed by atoms with Gasteiger partial charge >= 0.3 is 0 Å². The van der Waals surface area contributed by atoms with Gasteiger partial charge in [-0.3, -0.25) is 9.59 Å². The Morgan fingerprint density at radius 1 is 1.00 bits per heavy atom. The molecule has 0 unspecified atom stereocenters. The van der Waals surface area contributed by atoms with Gasteiger partial charge in [0.15, 0.2) is 6.10 Å². The molecule has 0 radical (unpaired) electrons. The molecule has 3 aromatic carbocycles. The molecule has 0 saturated heterocycles. The second-order valence-electron chi connectivity index (χ2n) is 10.2. The van der Waals surface area contributed by atoms with Crippen LogP contribution in [-0.2, 0) is 23.2 Å². The molecule has 1 fully saturated rings. The summed E-state index contributed by atoms with van der Waals surface area (Å²) >= 11 is 6.04. The van der Waals surface area contributed by atoms with Gasteiger partial charge in [-0.05, 0) is 60.1 Å². The standard InChI is InChI=1S/C31H28ClN3O3/c32-24-12-5-10-22(18-24)27(36)29(38)35-16-6-13-26-25(19-35)28(37)34-30(33-26)31(14-15-31)23-11-4-9-21(17-23)20-7-2-1-3-8-20/h1-5,7-12,17-18,27,36H,6,13-16,19H2,(H,33,34,37)/t27-/m1/s1. The molecule has 4 aromatic rings. The first-order valence-corrected chi connectivity index (χ1v) is 13.3. The number of nitrogens with one attached hydrogen (secondary N) is 1. The van der Waals surface area contributed by atoms with Crippen molar-refractivity contribution in [2.24, 2.45) is 0 Å². The quantitative estimate of drug-likeness (QED) is 0.376. The van der Waals surface area contributed by atoms with Gasteiger partial charge in [0.25, 0.3) is 11.5 Å². The smallest absolute Gasteiger partial charge is 0.256 e. The minimum atomic E-state index is -1.34. The van der Waals surface area contributed by atoms with Crippen molar-refractivity contribution in [2.75, 3.05) is 6.54 Å². The number of hydrogen-bond acceptors (Lipinski definition) is 4. The number of H-pyrrole nitrogens is 1. The summed E-state index contributed by atoms with van der Waals surface area (Å²) in [6.45, 7) is 0.552. The minimum absolute atomic E-state index is 0.116. The maximum atomic E-state index is 13.4. The zero-order valence-corrected chi connectivity index (χ0v) is 21.6. The number of halogens is 1. The Bertz CT molecular complexity index is 1560. The van der Waals surface area contributed by atoms with Gasteiger partial charge in [0.2, 0.25) is 0 Å². The third kappa shape index (κ3) is 4.55. The molecule has 2 aliphatic rings. The van der Waals surface area contributed by atoms with Crippen LogP contribution < -0.4 is 5.56 Å². The van der Waals surface area contributed by atoms with Crippen LogP contribution in [0.5, 0.6) is 0 Å². The van der Waals surface area contributed by atoms with E-state index in [1.54, 1.807) is 29.2 Å². The summed E-state index contributed by atoms with van der Waals surface area (Å²) in [6.07, 6.45) is 1.76. The lowest BCUT2D eigenvalue weighted by molar-refractivity contribution is -0.141. The lowest BCUT2D eigenvalue weighted by Crippen LogP contribution is -2.36. The van der Waals surface area contributed by atoms with Crippen LogP contribution in [0.25, 0.3) is 11.1 Å². The lowest BCUT2D eigenvalue weighted by Gasteiger charge is -2.24. The van der Waals surface area contributed by atoms with Crippen molar-refractivity contribution in [3.05, 3.63) is 122 Å². The molecule has 2 heterocycles. The van der Waals surface area contributed by atoms with Crippen LogP contribution >= 0.6 is 11.6 Å². The molecular formula is C31H28ClN3O3. The fourth-order valence-electron chi connectivity index (χ4n) is 5.44. The largest absolute Gasteiger partial charge is 0.378 e. The fraction of sp³-hybridized carbons (Fsp3) is 0.258. The Kier molecular flexibility index (Phi) is 6.38. The van der Waals surface area contributed by atoms with Gasteiger partial charge in [-0.2, -0.15) is 0 Å². The molecule has 6 rings (SSSR count). The van der Waals surface area contributed by atoms with Crippen LogP contribution in [0.1, 0.15) is 53.6 Å². The van der Waals surface area contributed by atoms with Gasteiger partial charge in [-0.25, -0.2) is 4.98 Å². The summed E-state index contributed by atoms with van der Waals surface area (Å²) in [6, 6.07) is 25.4. The zero-order chi connectivity index (χ0) is 26.3. The minimum Gasteiger partial charge on any atom is -0.378 e. The SMILES string of the molecule is O=C([C@H](O)c1cccc(Cl)c1)N1CCCc2nc(C3(c4cccc(-c5ccccc5)c4)CC3)[nH]c(=O)c2C1. The number of nitrogens with zero attached hydrogens (tertiary/aromatic N) is 2. The number of rotatable bonds is 5. The molecule has 2 N–H and O–H groups in total. The van der Waals surface area contributed by atoms with E-state index in [4.69, 9.17) is 16.6 Å². The summed E-state index contributed by atoms with van der Waals surface area (Å²) in [4.78, 5) is 36.1. The van der Waals surface area contributed by atoms with Crippen LogP contribution in [0.3, 0.4) is 0 Å². The molecule has 1 aliphatic carbocycles. The summed E-state index contributed by atoms with van der Waals surface area (Å²) in [5, 5.41) is 11.2. The molecular weight excluding hydrogens is 498 g/mol. The summed E-state index contributed by atoms with van der Waals surface area (Å²) in [7, 11) is 0. The number of fused-ring (bicyclic) bond motifs is 1. The van der Waals surface area contributed by atoms with Gasteiger partial charge < -0.3 is 15.0 Å². The van der Waals surface area contributed by atoms with E-state index >= 15 is 0 Å². The first-order valence-electron chi connectivity index (χ1n) is 13.0. The van der Waals surface area contributed by atoms with Gasteiger partial charge in [0, 0.05) is 11.6 Å². The van der Waals surface area contributed by atoms with E-state index in [1.165, 1.54) is 0 Å². The summed E-state index contributed by atoms with van der Waals surface area (Å²) < 4.78 is 0. The van der Waals surface area contributed by atoms with Crippen LogP contribution in [0.15, 0.2) is 83.7 Å². The lowest BCUT2D eigenvalue weighted by atomic mass is 9.91. The van der Waals surface area contributed by atoms with Crippen molar-refractivity contribution >= 4 is 17.5 Å². The zero-order valence-electron chi connectivity index (χ0n) is 20.9. The van der Waals surface area contributed by atoms with E-state index in [1.807, 2.05) is 18.2 Å². The first-order chi connectivity index (χ1) is 18.4. The number of benzene rings is 3. The van der Waals surface area contributed by atoms with Crippen molar-refractivity contribution in [3.8, 4) is 11.1 Å². The van der Waals surface area contributed by atoms with Crippen molar-refractivity contribution < 1.29 is 9.90 Å². The molecule has 1 aliphatic heterocycles. The highest BCUT2D eigenvalue weighted by atomic mass is 35.5. The molecule has 38 heavy (non-hydrogen) atoms. The monoisotopic (exact) mass is 525 g/mol. The number of aromatic amines is 1. The van der Waals surface area contributed by atoms with E-state index in [2.05, 4.69) is 41.4 Å². The number of carbonyl (C=O) groups excluding carboxylic acids is 1. The molecule has 0 spiro atoms. The van der Waals surface area contributed by atoms with Crippen molar-refractivity contribution in [1.82, 2.24) is 14.9 Å². The maximum absolute atomic E-state index is 13.4. The molecule has 1 amide bonds. The Hall–Kier alpha value is -3.74. The highest BCUT2D eigenvalue weighted by Gasteiger charge is 2.49. The summed E-state index contributed by atoms with van der Waals surface area (Å²) in [5.74, 6) is 0.255. The molecule has 192 valence electrons. The molecule has 0 bridgehead atoms. The number of carbonyl (C=O) groups is 1. The van der Waals surface area contributed by atoms with E-state index in [9.17, 15) is 14.7 Å². The van der Waals surface area contributed by atoms with Crippen LogP contribution in [0, 0.1) is 0 Å². The van der Waals surface area contributed by atoms with E-state index in [0.717, 1.165) is 35.2 Å². The Morgan fingerprint density at radius 2 is 1.76 bits per heavy atom. The van der Waals surface area contributed by atoms with Gasteiger partial charge in [0.1, 0.15) is 5.82 Å². The van der Waals surface area contributed by atoms with Crippen molar-refractivity contribution in [1.29, 1.82) is 0 Å². The average molecular weight is 526 g/mol. The van der Waals surface area contributed by atoms with E-state index in [0.29, 0.717) is 41.4 Å². The van der Waals surface area contributed by atoms with E-state index in [-0.39, 0.29) is 17.5 Å². The second-order valence-corrected chi connectivity index (χ2v) is 10.6. The Labute approximate surface area is 225 Å². The van der Waals surface area contributed by atoms with Crippen LogP contribution in [-0.4, -0.2) is 32.4 Å². The number of aliphatic hydroxyl groups is 1. The molecule has 1 aromatic heterocycles. The van der Waals surface area contributed by atoms with Gasteiger partial charge in [-0.15, -0.1) is 0 Å². The maximum Gasteiger partial charge on any atom is 0.256 e. The second kappa shape index (κ2) is 9.86. The summed E-state index contributed by atoms with van der Waals surface area (Å²) in [5.41, 5.74) is 4.58. The highest BCUT2D eigenvalue weighted by molar-refractivity contribution is 6.30. The predicted molar refractivity (Wildman–Crippen MR) is 147 cm³/mol. The van der Waals surface area contributed by atoms with Gasteiger partial charge in [-0.1, -0.05) is 78.3 Å². The molecule has 6 nitrogen and oxygen atoms in total. The van der Waals surface area contributed by atoms with Gasteiger partial charge in [0.05, 0.1) is 23.2 Å². The van der Waals surface area contributed by atoms with E-state index < -0.39 is 12.0 Å². The molecule has 7 heteroatoms. The fourth-order valence-corrected chi connectivity index (χ4v) is 5.64.